The molecule has 0 aliphatic heterocycles. The van der Waals surface area contributed by atoms with Crippen LogP contribution in [0.4, 0.5) is 22.7 Å². The van der Waals surface area contributed by atoms with Gasteiger partial charge in [-0.2, -0.15) is 0 Å². The summed E-state index contributed by atoms with van der Waals surface area (Å²) in [5.41, 5.74) is 12.8. The maximum absolute atomic E-state index is 8.71. The van der Waals surface area contributed by atoms with Crippen LogP contribution in [-0.2, 0) is 10.4 Å². The van der Waals surface area contributed by atoms with Gasteiger partial charge < -0.3 is 25.3 Å². The second kappa shape index (κ2) is 7.70. The van der Waals surface area contributed by atoms with Crippen molar-refractivity contribution in [1.82, 2.24) is 0 Å². The number of benzene rings is 2. The van der Waals surface area contributed by atoms with E-state index in [2.05, 4.69) is 9.95 Å². The Bertz CT molecular complexity index is 862. The zero-order valence-corrected chi connectivity index (χ0v) is 12.7. The first-order valence-corrected chi connectivity index (χ1v) is 7.31. The topological polar surface area (TPSA) is 198 Å². The number of nitrogens with zero attached hydrogens (tertiary/aromatic N) is 4. The molecule has 2 rings (SSSR count). The number of nitrogens with two attached hydrogens (primary N) is 2. The fourth-order valence-corrected chi connectivity index (χ4v) is 1.47. The minimum absolute atomic E-state index is 0.289. The van der Waals surface area contributed by atoms with Crippen LogP contribution in [0.1, 0.15) is 0 Å². The van der Waals surface area contributed by atoms with E-state index in [0.717, 1.165) is 0 Å². The van der Waals surface area contributed by atoms with Gasteiger partial charge in [-0.3, -0.25) is 8.42 Å². The lowest BCUT2D eigenvalue weighted by molar-refractivity contribution is 0.352. The van der Waals surface area contributed by atoms with E-state index in [-0.39, 0.29) is 11.5 Å². The minimum Gasteiger partial charge on any atom is -0.759 e. The van der Waals surface area contributed by atoms with Gasteiger partial charge in [0.1, 0.15) is 0 Å². The van der Waals surface area contributed by atoms with Crippen LogP contribution < -0.4 is 16.2 Å². The van der Waals surface area contributed by atoms with Crippen LogP contribution in [0, 0.1) is 10.8 Å². The summed E-state index contributed by atoms with van der Waals surface area (Å²) in [5.74, 6) is 0.578. The summed E-state index contributed by atoms with van der Waals surface area (Å²) in [4.78, 5) is 6.09. The van der Waals surface area contributed by atoms with Crippen molar-refractivity contribution in [2.24, 2.45) is 0 Å². The van der Waals surface area contributed by atoms with E-state index in [9.17, 15) is 0 Å². The van der Waals surface area contributed by atoms with Crippen molar-refractivity contribution < 1.29 is 22.3 Å². The first kappa shape index (κ1) is 18.6. The highest BCUT2D eigenvalue weighted by atomic mass is 32.3. The summed E-state index contributed by atoms with van der Waals surface area (Å²) in [5, 5.41) is 17.4. The minimum atomic E-state index is -5.17. The molecule has 0 saturated carbocycles. The molecule has 11 nitrogen and oxygen atoms in total. The van der Waals surface area contributed by atoms with Crippen molar-refractivity contribution in [3.63, 3.8) is 0 Å². The van der Waals surface area contributed by atoms with Crippen LogP contribution >= 0.6 is 0 Å². The second-order valence-corrected chi connectivity index (χ2v) is 4.97. The number of ether oxygens (including phenoxy) is 1. The molecular formula is C12H10N6O5S. The highest BCUT2D eigenvalue weighted by molar-refractivity contribution is 7.79. The van der Waals surface area contributed by atoms with Crippen molar-refractivity contribution in [1.29, 1.82) is 10.8 Å². The quantitative estimate of drug-likeness (QED) is 0.353. The molecule has 2 aromatic carbocycles. The van der Waals surface area contributed by atoms with Gasteiger partial charge in [-0.15, -0.1) is 0 Å². The van der Waals surface area contributed by atoms with Crippen LogP contribution in [0.3, 0.4) is 0 Å². The molecule has 24 heavy (non-hydrogen) atoms. The summed E-state index contributed by atoms with van der Waals surface area (Å²) >= 11 is 0. The van der Waals surface area contributed by atoms with E-state index in [0.29, 0.717) is 22.7 Å². The molecular weight excluding hydrogens is 340 g/mol. The van der Waals surface area contributed by atoms with Crippen molar-refractivity contribution in [3.8, 4) is 11.5 Å². The molecule has 0 aliphatic rings. The van der Waals surface area contributed by atoms with E-state index in [1.54, 1.807) is 12.1 Å². The Labute approximate surface area is 136 Å². The van der Waals surface area contributed by atoms with Gasteiger partial charge in [0.25, 0.3) is 0 Å². The molecule has 0 aromatic heterocycles. The first-order valence-electron chi connectivity index (χ1n) is 5.98. The highest BCUT2D eigenvalue weighted by Crippen LogP contribution is 2.35. The van der Waals surface area contributed by atoms with Gasteiger partial charge in [-0.05, 0) is 12.1 Å². The molecule has 0 saturated heterocycles. The SMILES string of the molecule is N#[N+]c1ccc(N)c(Oc2cc([N+]#N)ccc2N)c1.O=S(=O)([O-])[O-]. The summed E-state index contributed by atoms with van der Waals surface area (Å²) < 4.78 is 39.6. The molecule has 0 heterocycles. The Balaban J connectivity index is 0.000000505. The van der Waals surface area contributed by atoms with Gasteiger partial charge in [-0.25, -0.2) is 0 Å². The summed E-state index contributed by atoms with van der Waals surface area (Å²) in [6.07, 6.45) is 0. The third-order valence-corrected chi connectivity index (χ3v) is 2.45. The molecule has 0 atom stereocenters. The average Bonchev–Trinajstić information content (AvgIpc) is 2.50. The molecule has 0 bridgehead atoms. The Morgan fingerprint density at radius 1 is 0.875 bits per heavy atom. The normalized spacial score (nSPS) is 9.83. The van der Waals surface area contributed by atoms with Crippen LogP contribution in [0.2, 0.25) is 0 Å². The van der Waals surface area contributed by atoms with E-state index in [4.69, 9.17) is 44.5 Å². The molecule has 2 aromatic rings. The summed E-state index contributed by atoms with van der Waals surface area (Å²) in [6.45, 7) is 0. The Hall–Kier alpha value is -3.45. The van der Waals surface area contributed by atoms with Crippen molar-refractivity contribution in [2.45, 2.75) is 0 Å². The molecule has 4 N–H and O–H groups in total. The number of anilines is 2. The standard InChI is InChI=1S/C12H10N6O.H2O4S/c13-9-3-1-7(17-15)5-11(9)19-12-6-8(18-16)2-4-10(12)14;1-5(2,3)4/h1-6H,13-14H2;(H2,1,2,3,4)/q+2;/p-2. The molecule has 0 radical (unpaired) electrons. The number of hydrogen-bond acceptors (Lipinski definition) is 9. The van der Waals surface area contributed by atoms with Gasteiger partial charge in [0.05, 0.1) is 23.5 Å². The van der Waals surface area contributed by atoms with Crippen molar-refractivity contribution in [2.75, 3.05) is 11.5 Å². The van der Waals surface area contributed by atoms with Crippen LogP contribution in [-0.4, -0.2) is 17.5 Å². The highest BCUT2D eigenvalue weighted by Gasteiger charge is 2.14. The van der Waals surface area contributed by atoms with Gasteiger partial charge >= 0.3 is 11.4 Å². The van der Waals surface area contributed by atoms with Crippen molar-refractivity contribution >= 4 is 33.1 Å². The van der Waals surface area contributed by atoms with Gasteiger partial charge in [0.15, 0.2) is 21.5 Å². The molecule has 0 fully saturated rings. The van der Waals surface area contributed by atoms with E-state index >= 15 is 0 Å². The van der Waals surface area contributed by atoms with Gasteiger partial charge in [0, 0.05) is 22.5 Å². The van der Waals surface area contributed by atoms with E-state index < -0.39 is 10.4 Å². The number of hydrogen-bond donors (Lipinski definition) is 2. The fourth-order valence-electron chi connectivity index (χ4n) is 1.47. The van der Waals surface area contributed by atoms with Gasteiger partial charge in [0.2, 0.25) is 10.8 Å². The third-order valence-electron chi connectivity index (χ3n) is 2.45. The lowest BCUT2D eigenvalue weighted by atomic mass is 10.2. The Kier molecular flexibility index (Phi) is 5.97. The molecule has 0 spiro atoms. The van der Waals surface area contributed by atoms with E-state index in [1.165, 1.54) is 24.3 Å². The number of rotatable bonds is 2. The Morgan fingerprint density at radius 2 is 1.21 bits per heavy atom. The zero-order valence-electron chi connectivity index (χ0n) is 11.9. The number of nitrogen functional groups attached to an aromatic ring is 2. The van der Waals surface area contributed by atoms with Gasteiger partial charge in [-0.1, -0.05) is 0 Å². The predicted octanol–water partition coefficient (Wildman–Crippen LogP) is 2.27. The molecule has 12 heteroatoms. The molecule has 0 unspecified atom stereocenters. The molecule has 0 amide bonds. The third kappa shape index (κ3) is 6.12. The molecule has 0 aliphatic carbocycles. The smallest absolute Gasteiger partial charge is 0.388 e. The van der Waals surface area contributed by atoms with Crippen LogP contribution in [0.25, 0.3) is 9.95 Å². The monoisotopic (exact) mass is 350 g/mol. The predicted molar refractivity (Wildman–Crippen MR) is 81.7 cm³/mol. The lowest BCUT2D eigenvalue weighted by Crippen LogP contribution is -1.95. The first-order chi connectivity index (χ1) is 11.1. The summed E-state index contributed by atoms with van der Waals surface area (Å²) in [6, 6.07) is 9.06. The fraction of sp³-hybridized carbons (Fsp3) is 0. The Morgan fingerprint density at radius 3 is 1.50 bits per heavy atom. The number of diazo groups is 2. The van der Waals surface area contributed by atoms with Crippen molar-refractivity contribution in [3.05, 3.63) is 46.4 Å². The maximum Gasteiger partial charge on any atom is 0.388 e. The maximum atomic E-state index is 8.71. The summed E-state index contributed by atoms with van der Waals surface area (Å²) in [7, 11) is -5.17. The average molecular weight is 350 g/mol. The molecule has 124 valence electrons. The van der Waals surface area contributed by atoms with E-state index in [1.807, 2.05) is 0 Å². The van der Waals surface area contributed by atoms with Crippen LogP contribution in [0.15, 0.2) is 36.4 Å². The zero-order chi connectivity index (χ0) is 18.3. The van der Waals surface area contributed by atoms with Crippen LogP contribution in [0.5, 0.6) is 11.5 Å². The largest absolute Gasteiger partial charge is 0.759 e. The second-order valence-electron chi connectivity index (χ2n) is 4.15. The lowest BCUT2D eigenvalue weighted by Gasteiger charge is -2.08.